The van der Waals surface area contributed by atoms with Crippen LogP contribution in [0, 0.1) is 6.92 Å². The molecule has 94 valence electrons. The fourth-order valence-electron chi connectivity index (χ4n) is 1.98. The average Bonchev–Trinajstić information content (AvgIpc) is 2.41. The van der Waals surface area contributed by atoms with Gasteiger partial charge in [-0.2, -0.15) is 0 Å². The molecular formula is C16H20N2. The lowest BCUT2D eigenvalue weighted by molar-refractivity contribution is 0.271. The Kier molecular flexibility index (Phi) is 4.48. The molecule has 0 unspecified atom stereocenters. The smallest absolute Gasteiger partial charge is 0.0271 e. The minimum Gasteiger partial charge on any atom is -0.295 e. The first-order valence-corrected chi connectivity index (χ1v) is 6.44. The van der Waals surface area contributed by atoms with Crippen LogP contribution in [0.2, 0.25) is 0 Å². The van der Waals surface area contributed by atoms with E-state index in [1.54, 1.807) is 0 Å². The summed E-state index contributed by atoms with van der Waals surface area (Å²) < 4.78 is 0. The Labute approximate surface area is 109 Å². The minimum atomic E-state index is 0.979. The van der Waals surface area contributed by atoms with Gasteiger partial charge in [-0.15, -0.1) is 0 Å². The fourth-order valence-corrected chi connectivity index (χ4v) is 1.98. The second kappa shape index (κ2) is 6.31. The fraction of sp³-hybridized carbons (Fsp3) is 0.312. The molecule has 2 aromatic rings. The van der Waals surface area contributed by atoms with E-state index in [1.807, 2.05) is 12.4 Å². The second-order valence-corrected chi connectivity index (χ2v) is 4.64. The summed E-state index contributed by atoms with van der Waals surface area (Å²) in [6, 6.07) is 12.9. The SMILES string of the molecule is CCN(Cc1ccncc1)Cc1ccc(C)cc1. The van der Waals surface area contributed by atoms with Gasteiger partial charge in [0, 0.05) is 25.5 Å². The predicted octanol–water partition coefficient (Wildman–Crippen LogP) is 3.41. The number of pyridine rings is 1. The van der Waals surface area contributed by atoms with Crippen molar-refractivity contribution < 1.29 is 0 Å². The van der Waals surface area contributed by atoms with Crippen LogP contribution in [0.15, 0.2) is 48.8 Å². The van der Waals surface area contributed by atoms with E-state index in [4.69, 9.17) is 0 Å². The van der Waals surface area contributed by atoms with Gasteiger partial charge in [-0.25, -0.2) is 0 Å². The first kappa shape index (κ1) is 12.8. The van der Waals surface area contributed by atoms with Gasteiger partial charge in [0.15, 0.2) is 0 Å². The van der Waals surface area contributed by atoms with Crippen LogP contribution in [-0.2, 0) is 13.1 Å². The molecule has 1 aromatic carbocycles. The van der Waals surface area contributed by atoms with Crippen LogP contribution < -0.4 is 0 Å². The maximum absolute atomic E-state index is 4.05. The Hall–Kier alpha value is -1.67. The van der Waals surface area contributed by atoms with Crippen molar-refractivity contribution in [3.8, 4) is 0 Å². The minimum absolute atomic E-state index is 0.979. The van der Waals surface area contributed by atoms with Crippen molar-refractivity contribution >= 4 is 0 Å². The van der Waals surface area contributed by atoms with Crippen molar-refractivity contribution in [2.45, 2.75) is 26.9 Å². The number of hydrogen-bond donors (Lipinski definition) is 0. The normalized spacial score (nSPS) is 10.8. The lowest BCUT2D eigenvalue weighted by Gasteiger charge is -2.20. The number of rotatable bonds is 5. The molecule has 0 amide bonds. The third-order valence-electron chi connectivity index (χ3n) is 3.13. The standard InChI is InChI=1S/C16H20N2/c1-3-18(13-16-8-10-17-11-9-16)12-15-6-4-14(2)5-7-15/h4-11H,3,12-13H2,1-2H3. The zero-order chi connectivity index (χ0) is 12.8. The van der Waals surface area contributed by atoms with Crippen LogP contribution >= 0.6 is 0 Å². The van der Waals surface area contributed by atoms with Crippen molar-refractivity contribution in [1.29, 1.82) is 0 Å². The van der Waals surface area contributed by atoms with Gasteiger partial charge in [0.25, 0.3) is 0 Å². The molecule has 18 heavy (non-hydrogen) atoms. The molecule has 0 spiro atoms. The summed E-state index contributed by atoms with van der Waals surface area (Å²) >= 11 is 0. The highest BCUT2D eigenvalue weighted by atomic mass is 15.1. The Morgan fingerprint density at radius 1 is 0.889 bits per heavy atom. The van der Waals surface area contributed by atoms with E-state index in [9.17, 15) is 0 Å². The molecule has 0 aliphatic rings. The van der Waals surface area contributed by atoms with Crippen LogP contribution in [-0.4, -0.2) is 16.4 Å². The number of aromatic nitrogens is 1. The van der Waals surface area contributed by atoms with E-state index in [1.165, 1.54) is 16.7 Å². The Balaban J connectivity index is 1.99. The molecule has 1 aromatic heterocycles. The van der Waals surface area contributed by atoms with Gasteiger partial charge in [-0.1, -0.05) is 36.8 Å². The average molecular weight is 240 g/mol. The van der Waals surface area contributed by atoms with Crippen LogP contribution in [0.3, 0.4) is 0 Å². The predicted molar refractivity (Wildman–Crippen MR) is 75.2 cm³/mol. The van der Waals surface area contributed by atoms with E-state index in [0.717, 1.165) is 19.6 Å². The monoisotopic (exact) mass is 240 g/mol. The molecule has 0 fully saturated rings. The maximum Gasteiger partial charge on any atom is 0.0271 e. The summed E-state index contributed by atoms with van der Waals surface area (Å²) in [6.45, 7) is 7.36. The van der Waals surface area contributed by atoms with Gasteiger partial charge in [-0.3, -0.25) is 9.88 Å². The van der Waals surface area contributed by atoms with Crippen molar-refractivity contribution in [1.82, 2.24) is 9.88 Å². The molecule has 0 saturated carbocycles. The molecule has 0 N–H and O–H groups in total. The summed E-state index contributed by atoms with van der Waals surface area (Å²) in [4.78, 5) is 6.48. The van der Waals surface area contributed by atoms with E-state index in [-0.39, 0.29) is 0 Å². The highest BCUT2D eigenvalue weighted by molar-refractivity contribution is 5.21. The lowest BCUT2D eigenvalue weighted by Crippen LogP contribution is -2.22. The molecule has 0 bridgehead atoms. The van der Waals surface area contributed by atoms with Gasteiger partial charge >= 0.3 is 0 Å². The number of hydrogen-bond acceptors (Lipinski definition) is 2. The van der Waals surface area contributed by atoms with Crippen LogP contribution in [0.4, 0.5) is 0 Å². The van der Waals surface area contributed by atoms with E-state index >= 15 is 0 Å². The summed E-state index contributed by atoms with van der Waals surface area (Å²) in [5.74, 6) is 0. The molecule has 0 aliphatic heterocycles. The number of aryl methyl sites for hydroxylation is 1. The first-order valence-electron chi connectivity index (χ1n) is 6.44. The Morgan fingerprint density at radius 2 is 1.44 bits per heavy atom. The summed E-state index contributed by atoms with van der Waals surface area (Å²) in [5, 5.41) is 0. The zero-order valence-corrected chi connectivity index (χ0v) is 11.1. The molecule has 1 heterocycles. The molecule has 2 rings (SSSR count). The van der Waals surface area contributed by atoms with Crippen molar-refractivity contribution in [3.63, 3.8) is 0 Å². The molecule has 2 nitrogen and oxygen atoms in total. The van der Waals surface area contributed by atoms with Gasteiger partial charge < -0.3 is 0 Å². The van der Waals surface area contributed by atoms with Gasteiger partial charge in [-0.05, 0) is 36.7 Å². The first-order chi connectivity index (χ1) is 8.78. The van der Waals surface area contributed by atoms with Gasteiger partial charge in [0.2, 0.25) is 0 Å². The van der Waals surface area contributed by atoms with Crippen LogP contribution in [0.1, 0.15) is 23.6 Å². The van der Waals surface area contributed by atoms with E-state index < -0.39 is 0 Å². The summed E-state index contributed by atoms with van der Waals surface area (Å²) in [5.41, 5.74) is 4.01. The highest BCUT2D eigenvalue weighted by Crippen LogP contribution is 2.10. The van der Waals surface area contributed by atoms with Crippen LogP contribution in [0.25, 0.3) is 0 Å². The van der Waals surface area contributed by atoms with E-state index in [2.05, 4.69) is 60.1 Å². The zero-order valence-electron chi connectivity index (χ0n) is 11.1. The van der Waals surface area contributed by atoms with Gasteiger partial charge in [0.1, 0.15) is 0 Å². The van der Waals surface area contributed by atoms with Gasteiger partial charge in [0.05, 0.1) is 0 Å². The molecule has 2 heteroatoms. The largest absolute Gasteiger partial charge is 0.295 e. The third-order valence-corrected chi connectivity index (χ3v) is 3.13. The summed E-state index contributed by atoms with van der Waals surface area (Å²) in [6.07, 6.45) is 3.71. The third kappa shape index (κ3) is 3.67. The molecule has 0 saturated heterocycles. The van der Waals surface area contributed by atoms with Crippen LogP contribution in [0.5, 0.6) is 0 Å². The lowest BCUT2D eigenvalue weighted by atomic mass is 10.1. The van der Waals surface area contributed by atoms with Crippen molar-refractivity contribution in [3.05, 3.63) is 65.5 Å². The maximum atomic E-state index is 4.05. The topological polar surface area (TPSA) is 16.1 Å². The Morgan fingerprint density at radius 3 is 2.00 bits per heavy atom. The van der Waals surface area contributed by atoms with Crippen molar-refractivity contribution in [2.24, 2.45) is 0 Å². The number of nitrogens with zero attached hydrogens (tertiary/aromatic N) is 2. The van der Waals surface area contributed by atoms with Crippen molar-refractivity contribution in [2.75, 3.05) is 6.54 Å². The van der Waals surface area contributed by atoms with E-state index in [0.29, 0.717) is 0 Å². The second-order valence-electron chi connectivity index (χ2n) is 4.64. The highest BCUT2D eigenvalue weighted by Gasteiger charge is 2.04. The summed E-state index contributed by atoms with van der Waals surface area (Å²) in [7, 11) is 0. The quantitative estimate of drug-likeness (QED) is 0.796. The molecule has 0 aliphatic carbocycles. The molecule has 0 atom stereocenters. The number of benzene rings is 1. The molecule has 0 radical (unpaired) electrons. The Bertz CT molecular complexity index is 462. The molecular weight excluding hydrogens is 220 g/mol.